The molecule has 1 saturated heterocycles. The third kappa shape index (κ3) is 5.91. The number of hydrogen-bond acceptors (Lipinski definition) is 5. The molecule has 0 saturated carbocycles. The number of anilines is 2. The van der Waals surface area contributed by atoms with Crippen LogP contribution in [0.25, 0.3) is 0 Å². The third-order valence-corrected chi connectivity index (χ3v) is 6.66. The van der Waals surface area contributed by atoms with Gasteiger partial charge in [-0.15, -0.1) is 0 Å². The first kappa shape index (κ1) is 22.9. The van der Waals surface area contributed by atoms with Crippen LogP contribution in [0.3, 0.4) is 0 Å². The van der Waals surface area contributed by atoms with Crippen LogP contribution in [0.2, 0.25) is 0 Å². The Labute approximate surface area is 185 Å². The Kier molecular flexibility index (Phi) is 7.43. The Balaban J connectivity index is 1.68. The highest BCUT2D eigenvalue weighted by Gasteiger charge is 2.24. The molecule has 0 radical (unpaired) electrons. The average molecular weight is 446 g/mol. The van der Waals surface area contributed by atoms with Crippen molar-refractivity contribution >= 4 is 27.3 Å². The number of para-hydroxylation sites is 2. The summed E-state index contributed by atoms with van der Waals surface area (Å²) >= 11 is 0. The molecule has 168 valence electrons. The predicted octanol–water partition coefficient (Wildman–Crippen LogP) is 3.33. The van der Waals surface area contributed by atoms with Crippen LogP contribution < -0.4 is 19.3 Å². The second-order valence-electron chi connectivity index (χ2n) is 7.87. The van der Waals surface area contributed by atoms with Crippen LogP contribution in [0.5, 0.6) is 5.75 Å². The Morgan fingerprint density at radius 1 is 1.10 bits per heavy atom. The first-order valence-corrected chi connectivity index (χ1v) is 12.4. The predicted molar refractivity (Wildman–Crippen MR) is 124 cm³/mol. The lowest BCUT2D eigenvalue weighted by atomic mass is 10.1. The lowest BCUT2D eigenvalue weighted by Crippen LogP contribution is -2.41. The van der Waals surface area contributed by atoms with E-state index in [2.05, 4.69) is 22.3 Å². The van der Waals surface area contributed by atoms with Crippen LogP contribution in [0, 0.1) is 0 Å². The topological polar surface area (TPSA) is 79.0 Å². The van der Waals surface area contributed by atoms with Gasteiger partial charge in [-0.3, -0.25) is 9.10 Å². The zero-order chi connectivity index (χ0) is 22.4. The number of carbonyl (C=O) groups excluding carboxylic acids is 1. The minimum absolute atomic E-state index is 0.248. The van der Waals surface area contributed by atoms with Gasteiger partial charge in [0.1, 0.15) is 12.3 Å². The minimum atomic E-state index is -3.68. The molecule has 3 rings (SSSR count). The van der Waals surface area contributed by atoms with Gasteiger partial charge in [-0.25, -0.2) is 8.42 Å². The highest BCUT2D eigenvalue weighted by atomic mass is 32.2. The molecule has 2 aromatic carbocycles. The Morgan fingerprint density at radius 2 is 1.74 bits per heavy atom. The van der Waals surface area contributed by atoms with Crippen molar-refractivity contribution in [1.82, 2.24) is 5.32 Å². The maximum atomic E-state index is 12.7. The summed E-state index contributed by atoms with van der Waals surface area (Å²) < 4.78 is 31.1. The van der Waals surface area contributed by atoms with Crippen molar-refractivity contribution in [3.05, 3.63) is 54.1 Å². The number of nitrogens with zero attached hydrogens (tertiary/aromatic N) is 2. The normalized spacial score (nSPS) is 15.3. The summed E-state index contributed by atoms with van der Waals surface area (Å²) in [4.78, 5) is 15.1. The molecule has 0 spiro atoms. The quantitative estimate of drug-likeness (QED) is 0.674. The van der Waals surface area contributed by atoms with E-state index < -0.39 is 10.0 Å². The standard InChI is InChI=1S/C23H31N3O4S/c1-18(19-11-13-20(14-12-19)25-15-7-4-8-16-25)24-23(27)17-26(31(3,28)29)21-9-5-6-10-22(21)30-2/h5-6,9-14,18H,4,7-8,15-17H2,1-3H3,(H,24,27). The SMILES string of the molecule is COc1ccccc1N(CC(=O)NC(C)c1ccc(N2CCCCC2)cc1)S(C)(=O)=O. The molecule has 31 heavy (non-hydrogen) atoms. The van der Waals surface area contributed by atoms with E-state index in [1.807, 2.05) is 19.1 Å². The summed E-state index contributed by atoms with van der Waals surface area (Å²) in [7, 11) is -2.21. The van der Waals surface area contributed by atoms with E-state index in [1.54, 1.807) is 24.3 Å². The number of methoxy groups -OCH3 is 1. The number of carbonyl (C=O) groups is 1. The van der Waals surface area contributed by atoms with Gasteiger partial charge in [-0.1, -0.05) is 24.3 Å². The number of ether oxygens (including phenoxy) is 1. The number of benzene rings is 2. The molecular formula is C23H31N3O4S. The van der Waals surface area contributed by atoms with Crippen molar-refractivity contribution in [2.45, 2.75) is 32.2 Å². The second kappa shape index (κ2) is 10.0. The van der Waals surface area contributed by atoms with Crippen LogP contribution in [0.15, 0.2) is 48.5 Å². The van der Waals surface area contributed by atoms with E-state index in [4.69, 9.17) is 4.74 Å². The van der Waals surface area contributed by atoms with Gasteiger partial charge in [0.25, 0.3) is 0 Å². The molecule has 1 fully saturated rings. The second-order valence-corrected chi connectivity index (χ2v) is 9.78. The molecule has 1 aliphatic rings. The number of rotatable bonds is 8. The van der Waals surface area contributed by atoms with Gasteiger partial charge >= 0.3 is 0 Å². The summed E-state index contributed by atoms with van der Waals surface area (Å²) in [6.07, 6.45) is 4.81. The van der Waals surface area contributed by atoms with Crippen LogP contribution in [0.4, 0.5) is 11.4 Å². The van der Waals surface area contributed by atoms with Gasteiger partial charge in [0.15, 0.2) is 0 Å². The maximum Gasteiger partial charge on any atom is 0.241 e. The Bertz CT molecular complexity index is 986. The molecule has 1 heterocycles. The third-order valence-electron chi connectivity index (χ3n) is 5.53. The highest BCUT2D eigenvalue weighted by molar-refractivity contribution is 7.92. The highest BCUT2D eigenvalue weighted by Crippen LogP contribution is 2.29. The fourth-order valence-electron chi connectivity index (χ4n) is 3.84. The van der Waals surface area contributed by atoms with Gasteiger partial charge in [0.05, 0.1) is 25.1 Å². The molecule has 8 heteroatoms. The molecule has 1 aliphatic heterocycles. The fraction of sp³-hybridized carbons (Fsp3) is 0.435. The number of amides is 1. The molecule has 1 atom stereocenters. The molecule has 0 aromatic heterocycles. The van der Waals surface area contributed by atoms with Crippen LogP contribution in [-0.2, 0) is 14.8 Å². The van der Waals surface area contributed by atoms with Crippen molar-refractivity contribution in [2.24, 2.45) is 0 Å². The van der Waals surface area contributed by atoms with E-state index in [-0.39, 0.29) is 18.5 Å². The lowest BCUT2D eigenvalue weighted by molar-refractivity contribution is -0.120. The van der Waals surface area contributed by atoms with Gasteiger partial charge in [0, 0.05) is 18.8 Å². The summed E-state index contributed by atoms with van der Waals surface area (Å²) in [5.74, 6) is 0.00557. The van der Waals surface area contributed by atoms with Crippen molar-refractivity contribution < 1.29 is 17.9 Å². The summed E-state index contributed by atoms with van der Waals surface area (Å²) in [6, 6.07) is 14.7. The van der Waals surface area contributed by atoms with Crippen molar-refractivity contribution in [3.8, 4) is 5.75 Å². The van der Waals surface area contributed by atoms with Crippen molar-refractivity contribution in [3.63, 3.8) is 0 Å². The van der Waals surface area contributed by atoms with E-state index in [9.17, 15) is 13.2 Å². The van der Waals surface area contributed by atoms with E-state index in [1.165, 1.54) is 32.1 Å². The van der Waals surface area contributed by atoms with Crippen molar-refractivity contribution in [1.29, 1.82) is 0 Å². The number of nitrogens with one attached hydrogen (secondary N) is 1. The van der Waals surface area contributed by atoms with Crippen LogP contribution in [0.1, 0.15) is 37.8 Å². The van der Waals surface area contributed by atoms with E-state index >= 15 is 0 Å². The molecule has 0 bridgehead atoms. The Hall–Kier alpha value is -2.74. The smallest absolute Gasteiger partial charge is 0.241 e. The summed E-state index contributed by atoms with van der Waals surface area (Å²) in [6.45, 7) is 3.73. The van der Waals surface area contributed by atoms with Gasteiger partial charge in [-0.05, 0) is 56.0 Å². The fourth-order valence-corrected chi connectivity index (χ4v) is 4.70. The molecule has 1 unspecified atom stereocenters. The maximum absolute atomic E-state index is 12.7. The zero-order valence-electron chi connectivity index (χ0n) is 18.4. The largest absolute Gasteiger partial charge is 0.495 e. The van der Waals surface area contributed by atoms with E-state index in [0.29, 0.717) is 11.4 Å². The number of sulfonamides is 1. The lowest BCUT2D eigenvalue weighted by Gasteiger charge is -2.29. The zero-order valence-corrected chi connectivity index (χ0v) is 19.2. The molecular weight excluding hydrogens is 414 g/mol. The van der Waals surface area contributed by atoms with Crippen molar-refractivity contribution in [2.75, 3.05) is 42.2 Å². The monoisotopic (exact) mass is 445 g/mol. The number of hydrogen-bond donors (Lipinski definition) is 1. The molecule has 1 amide bonds. The van der Waals surface area contributed by atoms with Gasteiger partial charge in [-0.2, -0.15) is 0 Å². The van der Waals surface area contributed by atoms with Gasteiger partial charge < -0.3 is 15.0 Å². The minimum Gasteiger partial charge on any atom is -0.495 e. The number of piperidine rings is 1. The summed E-state index contributed by atoms with van der Waals surface area (Å²) in [5, 5.41) is 2.91. The van der Waals surface area contributed by atoms with Gasteiger partial charge in [0.2, 0.25) is 15.9 Å². The Morgan fingerprint density at radius 3 is 2.35 bits per heavy atom. The molecule has 0 aliphatic carbocycles. The first-order chi connectivity index (χ1) is 14.8. The first-order valence-electron chi connectivity index (χ1n) is 10.5. The van der Waals surface area contributed by atoms with E-state index in [0.717, 1.165) is 29.2 Å². The molecule has 2 aromatic rings. The molecule has 7 nitrogen and oxygen atoms in total. The summed E-state index contributed by atoms with van der Waals surface area (Å²) in [5.41, 5.74) is 2.50. The van der Waals surface area contributed by atoms with Crippen LogP contribution >= 0.6 is 0 Å². The van der Waals surface area contributed by atoms with Crippen LogP contribution in [-0.4, -0.2) is 47.3 Å². The molecule has 1 N–H and O–H groups in total. The average Bonchev–Trinajstić information content (AvgIpc) is 2.77.